The van der Waals surface area contributed by atoms with Gasteiger partial charge in [0.05, 0.1) is 10.9 Å². The number of carbonyl (C=O) groups excluding carboxylic acids is 1. The fourth-order valence-electron chi connectivity index (χ4n) is 4.86. The van der Waals surface area contributed by atoms with E-state index in [-0.39, 0.29) is 11.5 Å². The molecule has 1 fully saturated rings. The Balaban J connectivity index is 1.52. The van der Waals surface area contributed by atoms with Crippen molar-refractivity contribution in [1.82, 2.24) is 14.5 Å². The third-order valence-corrected chi connectivity index (χ3v) is 7.18. The van der Waals surface area contributed by atoms with Crippen molar-refractivity contribution in [2.24, 2.45) is 0 Å². The van der Waals surface area contributed by atoms with Gasteiger partial charge in [-0.3, -0.25) is 19.1 Å². The lowest BCUT2D eigenvalue weighted by atomic mass is 9.94. The zero-order chi connectivity index (χ0) is 24.8. The fraction of sp³-hybridized carbons (Fsp3) is 0.444. The highest BCUT2D eigenvalue weighted by atomic mass is 32.1. The van der Waals surface area contributed by atoms with Crippen LogP contribution in [0.4, 0.5) is 5.69 Å². The van der Waals surface area contributed by atoms with Gasteiger partial charge in [-0.05, 0) is 68.4 Å². The molecule has 2 N–H and O–H groups in total. The second kappa shape index (κ2) is 11.7. The zero-order valence-corrected chi connectivity index (χ0v) is 21.3. The van der Waals surface area contributed by atoms with E-state index < -0.39 is 0 Å². The van der Waals surface area contributed by atoms with E-state index >= 15 is 0 Å². The second-order valence-electron chi connectivity index (χ2n) is 9.31. The minimum absolute atomic E-state index is 0.164. The first-order chi connectivity index (χ1) is 17.0. The zero-order valence-electron chi connectivity index (χ0n) is 20.5. The Kier molecular flexibility index (Phi) is 8.49. The van der Waals surface area contributed by atoms with E-state index in [1.165, 1.54) is 36.7 Å². The van der Waals surface area contributed by atoms with Gasteiger partial charge in [-0.2, -0.15) is 0 Å². The third-order valence-electron chi connectivity index (χ3n) is 6.86. The molecule has 2 aromatic carbocycles. The Bertz CT molecular complexity index is 1290. The lowest BCUT2D eigenvalue weighted by Crippen LogP contribution is -2.33. The van der Waals surface area contributed by atoms with Crippen molar-refractivity contribution < 1.29 is 9.53 Å². The summed E-state index contributed by atoms with van der Waals surface area (Å²) >= 11 is 5.40. The van der Waals surface area contributed by atoms with Gasteiger partial charge in [0, 0.05) is 44.1 Å². The largest absolute Gasteiger partial charge is 0.385 e. The molecule has 1 saturated carbocycles. The number of ether oxygens (including phenoxy) is 1. The van der Waals surface area contributed by atoms with Crippen LogP contribution < -0.4 is 10.9 Å². The van der Waals surface area contributed by atoms with Crippen LogP contribution in [0.5, 0.6) is 0 Å². The van der Waals surface area contributed by atoms with E-state index in [4.69, 9.17) is 17.0 Å². The van der Waals surface area contributed by atoms with Crippen LogP contribution in [0.2, 0.25) is 0 Å². The number of H-pyrrole nitrogens is 1. The maximum atomic E-state index is 13.1. The average Bonchev–Trinajstić information content (AvgIpc) is 2.87. The van der Waals surface area contributed by atoms with Crippen LogP contribution in [0.25, 0.3) is 10.9 Å². The summed E-state index contributed by atoms with van der Waals surface area (Å²) in [6, 6.07) is 13.6. The van der Waals surface area contributed by atoms with E-state index in [2.05, 4.69) is 28.3 Å². The number of rotatable bonds is 9. The molecule has 35 heavy (non-hydrogen) atoms. The van der Waals surface area contributed by atoms with Crippen molar-refractivity contribution in [3.8, 4) is 0 Å². The monoisotopic (exact) mass is 494 g/mol. The van der Waals surface area contributed by atoms with E-state index in [1.807, 2.05) is 18.2 Å². The SMILES string of the molecule is COCCCn1c(=S)[nH]c2cc(C(=O)Nc3ccccc3CN(C)C3CCCCC3)ccc2c1=O. The number of fused-ring (bicyclic) bond motifs is 1. The minimum Gasteiger partial charge on any atom is -0.385 e. The molecule has 4 rings (SSSR count). The van der Waals surface area contributed by atoms with Gasteiger partial charge in [0.2, 0.25) is 0 Å². The number of anilines is 1. The number of aromatic amines is 1. The first-order valence-electron chi connectivity index (χ1n) is 12.3. The van der Waals surface area contributed by atoms with Crippen LogP contribution in [0.1, 0.15) is 54.4 Å². The molecule has 3 aromatic rings. The Labute approximate surface area is 211 Å². The first-order valence-corrected chi connectivity index (χ1v) is 12.7. The minimum atomic E-state index is -0.219. The highest BCUT2D eigenvalue weighted by molar-refractivity contribution is 7.71. The smallest absolute Gasteiger partial charge is 0.262 e. The number of carbonyl (C=O) groups is 1. The molecule has 8 heteroatoms. The molecule has 0 radical (unpaired) electrons. The molecule has 0 aliphatic heterocycles. The molecule has 1 aliphatic carbocycles. The molecule has 0 bridgehead atoms. The molecule has 1 amide bonds. The van der Waals surface area contributed by atoms with Crippen molar-refractivity contribution in [2.45, 2.75) is 57.7 Å². The molecule has 1 aromatic heterocycles. The van der Waals surface area contributed by atoms with Crippen LogP contribution >= 0.6 is 12.2 Å². The topological polar surface area (TPSA) is 79.4 Å². The van der Waals surface area contributed by atoms with Gasteiger partial charge < -0.3 is 15.0 Å². The Hall–Kier alpha value is -2.81. The number of hydrogen-bond acceptors (Lipinski definition) is 5. The number of hydrogen-bond donors (Lipinski definition) is 2. The van der Waals surface area contributed by atoms with Gasteiger partial charge in [0.25, 0.3) is 11.5 Å². The third kappa shape index (κ3) is 6.07. The van der Waals surface area contributed by atoms with E-state index in [9.17, 15) is 9.59 Å². The van der Waals surface area contributed by atoms with Gasteiger partial charge in [0.1, 0.15) is 0 Å². The van der Waals surface area contributed by atoms with Crippen LogP contribution in [-0.4, -0.2) is 47.2 Å². The summed E-state index contributed by atoms with van der Waals surface area (Å²) in [5, 5.41) is 3.57. The summed E-state index contributed by atoms with van der Waals surface area (Å²) in [7, 11) is 3.80. The predicted octanol–water partition coefficient (Wildman–Crippen LogP) is 5.11. The number of amides is 1. The van der Waals surface area contributed by atoms with E-state index in [0.29, 0.717) is 46.9 Å². The van der Waals surface area contributed by atoms with Gasteiger partial charge in [-0.25, -0.2) is 0 Å². The number of para-hydroxylation sites is 1. The van der Waals surface area contributed by atoms with Crippen molar-refractivity contribution in [3.05, 3.63) is 68.7 Å². The molecule has 1 aliphatic rings. The maximum absolute atomic E-state index is 13.1. The fourth-order valence-corrected chi connectivity index (χ4v) is 5.14. The molecule has 0 unspecified atom stereocenters. The summed E-state index contributed by atoms with van der Waals surface area (Å²) in [5.41, 5.74) is 2.76. The second-order valence-corrected chi connectivity index (χ2v) is 9.70. The van der Waals surface area contributed by atoms with Crippen LogP contribution in [0, 0.1) is 4.77 Å². The van der Waals surface area contributed by atoms with Gasteiger partial charge in [-0.15, -0.1) is 0 Å². The van der Waals surface area contributed by atoms with E-state index in [0.717, 1.165) is 17.8 Å². The Morgan fingerprint density at radius 3 is 2.74 bits per heavy atom. The molecule has 0 atom stereocenters. The molecular formula is C27H34N4O3S. The number of benzene rings is 2. The maximum Gasteiger partial charge on any atom is 0.262 e. The summed E-state index contributed by atoms with van der Waals surface area (Å²) in [6.07, 6.45) is 7.06. The van der Waals surface area contributed by atoms with Crippen molar-refractivity contribution in [3.63, 3.8) is 0 Å². The average molecular weight is 495 g/mol. The molecule has 7 nitrogen and oxygen atoms in total. The number of aromatic nitrogens is 2. The lowest BCUT2D eigenvalue weighted by Gasteiger charge is -2.31. The normalized spacial score (nSPS) is 14.5. The standard InChI is InChI=1S/C27H34N4O3S/c1-30(21-10-4-3-5-11-21)18-20-9-6-7-12-23(20)28-25(32)19-13-14-22-24(17-19)29-27(35)31(26(22)33)15-8-16-34-2/h6-7,9,12-14,17,21H,3-5,8,10-11,15-16,18H2,1-2H3,(H,28,32)(H,29,35). The van der Waals surface area contributed by atoms with Gasteiger partial charge >= 0.3 is 0 Å². The number of methoxy groups -OCH3 is 1. The highest BCUT2D eigenvalue weighted by Gasteiger charge is 2.19. The van der Waals surface area contributed by atoms with Crippen LogP contribution in [-0.2, 0) is 17.8 Å². The lowest BCUT2D eigenvalue weighted by molar-refractivity contribution is 0.102. The van der Waals surface area contributed by atoms with Crippen molar-refractivity contribution in [1.29, 1.82) is 0 Å². The predicted molar refractivity (Wildman–Crippen MR) is 143 cm³/mol. The summed E-state index contributed by atoms with van der Waals surface area (Å²) in [5.74, 6) is -0.219. The summed E-state index contributed by atoms with van der Waals surface area (Å²) in [6.45, 7) is 1.82. The van der Waals surface area contributed by atoms with Crippen molar-refractivity contribution in [2.75, 3.05) is 26.1 Å². The van der Waals surface area contributed by atoms with Crippen molar-refractivity contribution >= 4 is 34.7 Å². The van der Waals surface area contributed by atoms with Crippen LogP contribution in [0.15, 0.2) is 47.3 Å². The molecule has 186 valence electrons. The summed E-state index contributed by atoms with van der Waals surface area (Å²) < 4.78 is 6.95. The molecule has 1 heterocycles. The molecular weight excluding hydrogens is 460 g/mol. The number of nitrogens with zero attached hydrogens (tertiary/aromatic N) is 2. The Morgan fingerprint density at radius 2 is 1.97 bits per heavy atom. The van der Waals surface area contributed by atoms with Gasteiger partial charge in [-0.1, -0.05) is 37.5 Å². The molecule has 0 saturated heterocycles. The molecule has 0 spiro atoms. The number of nitrogens with one attached hydrogen (secondary N) is 2. The van der Waals surface area contributed by atoms with E-state index in [1.54, 1.807) is 25.3 Å². The van der Waals surface area contributed by atoms with Gasteiger partial charge in [0.15, 0.2) is 4.77 Å². The Morgan fingerprint density at radius 1 is 1.20 bits per heavy atom. The quantitative estimate of drug-likeness (QED) is 0.319. The summed E-state index contributed by atoms with van der Waals surface area (Å²) in [4.78, 5) is 31.6. The van der Waals surface area contributed by atoms with Crippen LogP contribution in [0.3, 0.4) is 0 Å². The first kappa shape index (κ1) is 25.3. The highest BCUT2D eigenvalue weighted by Crippen LogP contribution is 2.25.